The first-order chi connectivity index (χ1) is 13.1. The van der Waals surface area contributed by atoms with E-state index < -0.39 is 5.91 Å². The standard InChI is InChI=1S/C22H16N4O/c1-13-6-8-14(9-7-13)20-16-10-11-26-21(16)19(17(12-24-26)22(23)27)15-4-2-3-5-18(15)25-20/h2-12H,1H3,(H2,23,27). The molecule has 0 atom stereocenters. The summed E-state index contributed by atoms with van der Waals surface area (Å²) >= 11 is 0. The minimum atomic E-state index is -0.499. The summed E-state index contributed by atoms with van der Waals surface area (Å²) in [6.45, 7) is 2.06. The molecular formula is C22H16N4O. The Bertz CT molecular complexity index is 1250. The lowest BCUT2D eigenvalue weighted by molar-refractivity contribution is 0.100. The van der Waals surface area contributed by atoms with E-state index in [4.69, 9.17) is 10.7 Å². The fourth-order valence-corrected chi connectivity index (χ4v) is 3.62. The molecule has 3 heterocycles. The van der Waals surface area contributed by atoms with Gasteiger partial charge >= 0.3 is 0 Å². The normalized spacial score (nSPS) is 12.4. The van der Waals surface area contributed by atoms with Gasteiger partial charge in [-0.1, -0.05) is 48.0 Å². The summed E-state index contributed by atoms with van der Waals surface area (Å²) in [6.07, 6.45) is 3.42. The van der Waals surface area contributed by atoms with Gasteiger partial charge in [0, 0.05) is 28.5 Å². The Kier molecular flexibility index (Phi) is 3.24. The molecule has 0 fully saturated rings. The van der Waals surface area contributed by atoms with Crippen LogP contribution in [-0.4, -0.2) is 21.2 Å². The number of carbonyl (C=O) groups excluding carboxylic acids is 1. The molecule has 4 aromatic rings. The lowest BCUT2D eigenvalue weighted by Crippen LogP contribution is -2.14. The van der Waals surface area contributed by atoms with Crippen molar-refractivity contribution in [3.05, 3.63) is 89.2 Å². The second kappa shape index (κ2) is 5.64. The Labute approximate surface area is 155 Å². The number of primary amides is 1. The SMILES string of the molecule is Cc1ccc(C2=Nc3ccccc3-c3c(C(N)=O)cnn4ccc2c34)cc1. The summed E-state index contributed by atoms with van der Waals surface area (Å²) in [5, 5.41) is 4.38. The molecule has 5 rings (SSSR count). The lowest BCUT2D eigenvalue weighted by atomic mass is 9.96. The van der Waals surface area contributed by atoms with Crippen LogP contribution < -0.4 is 5.73 Å². The molecular weight excluding hydrogens is 336 g/mol. The highest BCUT2D eigenvalue weighted by atomic mass is 16.1. The number of rotatable bonds is 2. The van der Waals surface area contributed by atoms with Gasteiger partial charge in [0.15, 0.2) is 0 Å². The van der Waals surface area contributed by atoms with Crippen molar-refractivity contribution in [2.75, 3.05) is 0 Å². The van der Waals surface area contributed by atoms with Gasteiger partial charge in [-0.15, -0.1) is 0 Å². The van der Waals surface area contributed by atoms with E-state index in [9.17, 15) is 4.79 Å². The van der Waals surface area contributed by atoms with Crippen LogP contribution in [0, 0.1) is 6.92 Å². The van der Waals surface area contributed by atoms with Crippen LogP contribution in [-0.2, 0) is 0 Å². The summed E-state index contributed by atoms with van der Waals surface area (Å²) in [5.74, 6) is -0.499. The van der Waals surface area contributed by atoms with E-state index in [1.807, 2.05) is 36.5 Å². The molecule has 0 unspecified atom stereocenters. The maximum absolute atomic E-state index is 12.1. The number of aliphatic imine (C=N–C) groups is 1. The number of benzene rings is 2. The first-order valence-corrected chi connectivity index (χ1v) is 8.69. The number of fused-ring (bicyclic) bond motifs is 2. The highest BCUT2D eigenvalue weighted by Crippen LogP contribution is 2.40. The number of amides is 1. The van der Waals surface area contributed by atoms with Gasteiger partial charge in [-0.2, -0.15) is 5.10 Å². The minimum Gasteiger partial charge on any atom is -0.366 e. The quantitative estimate of drug-likeness (QED) is 0.523. The van der Waals surface area contributed by atoms with Gasteiger partial charge in [0.1, 0.15) is 0 Å². The minimum absolute atomic E-state index is 0.398. The Morgan fingerprint density at radius 3 is 2.56 bits per heavy atom. The van der Waals surface area contributed by atoms with Gasteiger partial charge in [0.2, 0.25) is 0 Å². The van der Waals surface area contributed by atoms with Gasteiger partial charge in [-0.3, -0.25) is 4.79 Å². The molecule has 0 saturated carbocycles. The van der Waals surface area contributed by atoms with Gasteiger partial charge < -0.3 is 5.73 Å². The van der Waals surface area contributed by atoms with Crippen molar-refractivity contribution in [3.63, 3.8) is 0 Å². The largest absolute Gasteiger partial charge is 0.366 e. The van der Waals surface area contributed by atoms with Crippen molar-refractivity contribution in [1.82, 2.24) is 9.61 Å². The zero-order valence-corrected chi connectivity index (χ0v) is 14.7. The van der Waals surface area contributed by atoms with Crippen molar-refractivity contribution in [2.24, 2.45) is 10.7 Å². The first-order valence-electron chi connectivity index (χ1n) is 8.69. The van der Waals surface area contributed by atoms with Crippen LogP contribution in [0.2, 0.25) is 0 Å². The molecule has 2 N–H and O–H groups in total. The molecule has 5 nitrogen and oxygen atoms in total. The van der Waals surface area contributed by atoms with Crippen LogP contribution in [0.1, 0.15) is 27.0 Å². The predicted octanol–water partition coefficient (Wildman–Crippen LogP) is 3.89. The highest BCUT2D eigenvalue weighted by molar-refractivity contribution is 6.22. The summed E-state index contributed by atoms with van der Waals surface area (Å²) in [4.78, 5) is 17.1. The second-order valence-electron chi connectivity index (χ2n) is 6.66. The molecule has 5 heteroatoms. The second-order valence-corrected chi connectivity index (χ2v) is 6.66. The topological polar surface area (TPSA) is 72.8 Å². The average molecular weight is 352 g/mol. The van der Waals surface area contributed by atoms with E-state index in [1.54, 1.807) is 4.52 Å². The molecule has 0 spiro atoms. The number of aryl methyl sites for hydroxylation is 1. The summed E-state index contributed by atoms with van der Waals surface area (Å²) in [5.41, 5.74) is 13.4. The predicted molar refractivity (Wildman–Crippen MR) is 106 cm³/mol. The molecule has 0 bridgehead atoms. The lowest BCUT2D eigenvalue weighted by Gasteiger charge is -2.10. The van der Waals surface area contributed by atoms with E-state index in [2.05, 4.69) is 36.3 Å². The number of para-hydroxylation sites is 1. The fourth-order valence-electron chi connectivity index (χ4n) is 3.62. The third kappa shape index (κ3) is 2.29. The smallest absolute Gasteiger partial charge is 0.251 e. The maximum Gasteiger partial charge on any atom is 0.251 e. The average Bonchev–Trinajstić information content (AvgIpc) is 3.04. The molecule has 0 radical (unpaired) electrons. The Hall–Kier alpha value is -3.73. The molecule has 2 aromatic carbocycles. The monoisotopic (exact) mass is 352 g/mol. The number of hydrogen-bond acceptors (Lipinski definition) is 3. The zero-order chi connectivity index (χ0) is 18.5. The van der Waals surface area contributed by atoms with Crippen LogP contribution in [0.4, 0.5) is 5.69 Å². The maximum atomic E-state index is 12.1. The van der Waals surface area contributed by atoms with Gasteiger partial charge in [0.05, 0.1) is 28.7 Å². The van der Waals surface area contributed by atoms with E-state index in [0.717, 1.165) is 39.2 Å². The first kappa shape index (κ1) is 15.5. The number of aromatic nitrogens is 2. The molecule has 0 saturated heterocycles. The molecule has 1 aliphatic rings. The van der Waals surface area contributed by atoms with Crippen molar-refractivity contribution in [1.29, 1.82) is 0 Å². The van der Waals surface area contributed by atoms with E-state index in [0.29, 0.717) is 5.56 Å². The Morgan fingerprint density at radius 1 is 1.00 bits per heavy atom. The summed E-state index contributed by atoms with van der Waals surface area (Å²) < 4.78 is 1.78. The molecule has 1 amide bonds. The number of carbonyl (C=O) groups is 1. The number of hydrogen-bond donors (Lipinski definition) is 1. The summed E-state index contributed by atoms with van der Waals surface area (Å²) in [7, 11) is 0. The van der Waals surface area contributed by atoms with E-state index in [1.165, 1.54) is 11.8 Å². The number of nitrogens with two attached hydrogens (primary N) is 1. The van der Waals surface area contributed by atoms with E-state index >= 15 is 0 Å². The van der Waals surface area contributed by atoms with Gasteiger partial charge in [-0.05, 0) is 19.1 Å². The third-order valence-corrected chi connectivity index (χ3v) is 4.94. The molecule has 2 aromatic heterocycles. The Morgan fingerprint density at radius 2 is 1.78 bits per heavy atom. The van der Waals surface area contributed by atoms with Crippen molar-refractivity contribution < 1.29 is 4.79 Å². The Balaban J connectivity index is 1.94. The zero-order valence-electron chi connectivity index (χ0n) is 14.7. The summed E-state index contributed by atoms with van der Waals surface area (Å²) in [6, 6.07) is 18.1. The third-order valence-electron chi connectivity index (χ3n) is 4.94. The number of nitrogens with zero attached hydrogens (tertiary/aromatic N) is 3. The molecule has 130 valence electrons. The van der Waals surface area contributed by atoms with Gasteiger partial charge in [0.25, 0.3) is 5.91 Å². The molecule has 0 aliphatic carbocycles. The highest BCUT2D eigenvalue weighted by Gasteiger charge is 2.25. The van der Waals surface area contributed by atoms with Crippen molar-refractivity contribution >= 4 is 22.8 Å². The van der Waals surface area contributed by atoms with E-state index in [-0.39, 0.29) is 0 Å². The van der Waals surface area contributed by atoms with Crippen LogP contribution in [0.5, 0.6) is 0 Å². The van der Waals surface area contributed by atoms with Gasteiger partial charge in [-0.25, -0.2) is 9.51 Å². The molecule has 1 aliphatic heterocycles. The van der Waals surface area contributed by atoms with Crippen molar-refractivity contribution in [3.8, 4) is 11.1 Å². The van der Waals surface area contributed by atoms with Crippen molar-refractivity contribution in [2.45, 2.75) is 6.92 Å². The fraction of sp³-hybridized carbons (Fsp3) is 0.0455. The molecule has 27 heavy (non-hydrogen) atoms. The van der Waals surface area contributed by atoms with Crippen LogP contribution in [0.3, 0.4) is 0 Å². The van der Waals surface area contributed by atoms with Crippen LogP contribution >= 0.6 is 0 Å². The van der Waals surface area contributed by atoms with Crippen LogP contribution in [0.25, 0.3) is 16.6 Å². The van der Waals surface area contributed by atoms with Crippen LogP contribution in [0.15, 0.2) is 72.0 Å².